The van der Waals surface area contributed by atoms with Gasteiger partial charge < -0.3 is 13.7 Å². The summed E-state index contributed by atoms with van der Waals surface area (Å²) in [5.41, 5.74) is 1.43. The number of hydrogen-bond acceptors (Lipinski definition) is 3. The number of amides is 1. The highest BCUT2D eigenvalue weighted by Gasteiger charge is 2.24. The molecule has 0 aliphatic heterocycles. The van der Waals surface area contributed by atoms with Crippen molar-refractivity contribution in [3.63, 3.8) is 0 Å². The highest BCUT2D eigenvalue weighted by atomic mass is 16.3. The molecule has 1 aromatic carbocycles. The molecule has 0 radical (unpaired) electrons. The van der Waals surface area contributed by atoms with Crippen molar-refractivity contribution in [2.24, 2.45) is 0 Å². The molecule has 4 nitrogen and oxygen atoms in total. The Hall–Kier alpha value is -2.49. The Kier molecular flexibility index (Phi) is 3.53. The maximum absolute atomic E-state index is 12.6. The Bertz CT molecular complexity index is 795. The third-order valence-electron chi connectivity index (χ3n) is 4.03. The highest BCUT2D eigenvalue weighted by Crippen LogP contribution is 2.28. The van der Waals surface area contributed by atoms with Crippen LogP contribution in [0.2, 0.25) is 0 Å². The average Bonchev–Trinajstić information content (AvgIpc) is 3.07. The summed E-state index contributed by atoms with van der Waals surface area (Å²) in [5, 5.41) is 1.04. The molecule has 1 atom stereocenters. The first-order valence-corrected chi connectivity index (χ1v) is 7.30. The molecule has 22 heavy (non-hydrogen) atoms. The molecule has 0 spiro atoms. The minimum Gasteiger partial charge on any atom is -0.466 e. The summed E-state index contributed by atoms with van der Waals surface area (Å²) in [7, 11) is 1.78. The molecule has 3 aromatic rings. The van der Waals surface area contributed by atoms with Gasteiger partial charge in [-0.2, -0.15) is 0 Å². The number of rotatable bonds is 3. The van der Waals surface area contributed by atoms with Gasteiger partial charge in [0, 0.05) is 12.4 Å². The fourth-order valence-corrected chi connectivity index (χ4v) is 2.61. The Labute approximate surface area is 129 Å². The zero-order valence-electron chi connectivity index (χ0n) is 13.2. The van der Waals surface area contributed by atoms with Crippen LogP contribution in [0.25, 0.3) is 11.0 Å². The lowest BCUT2D eigenvalue weighted by atomic mass is 10.1. The van der Waals surface area contributed by atoms with Gasteiger partial charge >= 0.3 is 0 Å². The minimum absolute atomic E-state index is 0.0673. The molecular formula is C18H19NO3. The van der Waals surface area contributed by atoms with E-state index in [9.17, 15) is 4.79 Å². The summed E-state index contributed by atoms with van der Waals surface area (Å²) in [5.74, 6) is 2.09. The number of fused-ring (bicyclic) bond motifs is 1. The van der Waals surface area contributed by atoms with Crippen LogP contribution >= 0.6 is 0 Å². The molecular weight excluding hydrogens is 278 g/mol. The molecule has 4 heteroatoms. The van der Waals surface area contributed by atoms with Crippen LogP contribution in [0.15, 0.2) is 45.2 Å². The molecule has 0 saturated heterocycles. The third kappa shape index (κ3) is 2.41. The number of hydrogen-bond donors (Lipinski definition) is 0. The van der Waals surface area contributed by atoms with Gasteiger partial charge in [-0.1, -0.05) is 18.2 Å². The Morgan fingerprint density at radius 2 is 1.86 bits per heavy atom. The average molecular weight is 297 g/mol. The van der Waals surface area contributed by atoms with Gasteiger partial charge in [0.25, 0.3) is 5.91 Å². The summed E-state index contributed by atoms with van der Waals surface area (Å²) < 4.78 is 11.3. The van der Waals surface area contributed by atoms with Crippen molar-refractivity contribution in [3.8, 4) is 0 Å². The van der Waals surface area contributed by atoms with Crippen LogP contribution in [0.5, 0.6) is 0 Å². The van der Waals surface area contributed by atoms with Crippen molar-refractivity contribution < 1.29 is 13.6 Å². The van der Waals surface area contributed by atoms with E-state index < -0.39 is 0 Å². The molecule has 1 unspecified atom stereocenters. The first-order chi connectivity index (χ1) is 10.5. The molecule has 1 amide bonds. The number of furan rings is 2. The SMILES string of the molecule is Cc1cc(C(=O)N(C)C(C)c2cc3ccccc3o2)c(C)o1. The second-order valence-corrected chi connectivity index (χ2v) is 5.61. The standard InChI is InChI=1S/C18H19NO3/c1-11-9-15(13(3)21-11)18(20)19(4)12(2)17-10-14-7-5-6-8-16(14)22-17/h5-10,12H,1-4H3. The number of carbonyl (C=O) groups excluding carboxylic acids is 1. The molecule has 0 aliphatic carbocycles. The van der Waals surface area contributed by atoms with Crippen molar-refractivity contribution in [1.82, 2.24) is 4.90 Å². The molecule has 3 rings (SSSR count). The van der Waals surface area contributed by atoms with Crippen molar-refractivity contribution in [3.05, 3.63) is 59.2 Å². The van der Waals surface area contributed by atoms with Crippen molar-refractivity contribution in [2.45, 2.75) is 26.8 Å². The smallest absolute Gasteiger partial charge is 0.257 e. The molecule has 0 fully saturated rings. The topological polar surface area (TPSA) is 46.6 Å². The van der Waals surface area contributed by atoms with Gasteiger partial charge in [-0.05, 0) is 39.0 Å². The predicted molar refractivity (Wildman–Crippen MR) is 84.9 cm³/mol. The first-order valence-electron chi connectivity index (χ1n) is 7.30. The van der Waals surface area contributed by atoms with Gasteiger partial charge in [0.05, 0.1) is 11.6 Å². The van der Waals surface area contributed by atoms with E-state index >= 15 is 0 Å². The number of para-hydroxylation sites is 1. The fourth-order valence-electron chi connectivity index (χ4n) is 2.61. The normalized spacial score (nSPS) is 12.5. The minimum atomic E-state index is -0.158. The maximum Gasteiger partial charge on any atom is 0.257 e. The van der Waals surface area contributed by atoms with Gasteiger partial charge in [0.2, 0.25) is 0 Å². The Morgan fingerprint density at radius 3 is 2.50 bits per heavy atom. The Morgan fingerprint density at radius 1 is 1.14 bits per heavy atom. The summed E-state index contributed by atoms with van der Waals surface area (Å²) in [6, 6.07) is 11.4. The number of nitrogens with zero attached hydrogens (tertiary/aromatic N) is 1. The van der Waals surface area contributed by atoms with E-state index in [-0.39, 0.29) is 11.9 Å². The lowest BCUT2D eigenvalue weighted by molar-refractivity contribution is 0.0725. The highest BCUT2D eigenvalue weighted by molar-refractivity contribution is 5.95. The molecule has 2 aromatic heterocycles. The summed E-state index contributed by atoms with van der Waals surface area (Å²) >= 11 is 0. The van der Waals surface area contributed by atoms with E-state index in [1.165, 1.54) is 0 Å². The fraction of sp³-hybridized carbons (Fsp3) is 0.278. The summed E-state index contributed by atoms with van der Waals surface area (Å²) in [6.45, 7) is 5.60. The van der Waals surface area contributed by atoms with E-state index in [1.54, 1.807) is 24.9 Å². The molecule has 114 valence electrons. The zero-order valence-corrected chi connectivity index (χ0v) is 13.2. The van der Waals surface area contributed by atoms with E-state index in [4.69, 9.17) is 8.83 Å². The van der Waals surface area contributed by atoms with Gasteiger partial charge in [-0.15, -0.1) is 0 Å². The van der Waals surface area contributed by atoms with E-state index in [0.29, 0.717) is 11.3 Å². The molecule has 0 bridgehead atoms. The Balaban J connectivity index is 1.89. The third-order valence-corrected chi connectivity index (χ3v) is 4.03. The predicted octanol–water partition coefficient (Wildman–Crippen LogP) is 4.48. The molecule has 0 aliphatic rings. The maximum atomic E-state index is 12.6. The summed E-state index contributed by atoms with van der Waals surface area (Å²) in [6.07, 6.45) is 0. The largest absolute Gasteiger partial charge is 0.466 e. The van der Waals surface area contributed by atoms with Crippen LogP contribution in [-0.2, 0) is 0 Å². The lowest BCUT2D eigenvalue weighted by Crippen LogP contribution is -2.29. The van der Waals surface area contributed by atoms with Gasteiger partial charge in [0.15, 0.2) is 0 Å². The monoisotopic (exact) mass is 297 g/mol. The quantitative estimate of drug-likeness (QED) is 0.716. The number of aryl methyl sites for hydroxylation is 2. The van der Waals surface area contributed by atoms with Crippen LogP contribution in [0.1, 0.15) is 40.6 Å². The van der Waals surface area contributed by atoms with Crippen LogP contribution in [0, 0.1) is 13.8 Å². The van der Waals surface area contributed by atoms with Gasteiger partial charge in [-0.3, -0.25) is 4.79 Å². The molecule has 0 saturated carbocycles. The van der Waals surface area contributed by atoms with E-state index in [0.717, 1.165) is 22.5 Å². The first kappa shape index (κ1) is 14.4. The van der Waals surface area contributed by atoms with Gasteiger partial charge in [-0.25, -0.2) is 0 Å². The van der Waals surface area contributed by atoms with Crippen molar-refractivity contribution in [1.29, 1.82) is 0 Å². The van der Waals surface area contributed by atoms with Gasteiger partial charge in [0.1, 0.15) is 22.9 Å². The van der Waals surface area contributed by atoms with Crippen molar-refractivity contribution >= 4 is 16.9 Å². The second kappa shape index (κ2) is 5.37. The van der Waals surface area contributed by atoms with Crippen LogP contribution < -0.4 is 0 Å². The van der Waals surface area contributed by atoms with Crippen LogP contribution in [0.3, 0.4) is 0 Å². The van der Waals surface area contributed by atoms with E-state index in [1.807, 2.05) is 44.2 Å². The number of carbonyl (C=O) groups is 1. The lowest BCUT2D eigenvalue weighted by Gasteiger charge is -2.23. The van der Waals surface area contributed by atoms with Crippen LogP contribution in [0.4, 0.5) is 0 Å². The van der Waals surface area contributed by atoms with Crippen molar-refractivity contribution in [2.75, 3.05) is 7.05 Å². The van der Waals surface area contributed by atoms with E-state index in [2.05, 4.69) is 0 Å². The second-order valence-electron chi connectivity index (χ2n) is 5.61. The number of benzene rings is 1. The zero-order chi connectivity index (χ0) is 15.9. The molecule has 2 heterocycles. The summed E-state index contributed by atoms with van der Waals surface area (Å²) in [4.78, 5) is 14.3. The van der Waals surface area contributed by atoms with Crippen LogP contribution in [-0.4, -0.2) is 17.9 Å². The molecule has 0 N–H and O–H groups in total.